The first-order valence-electron chi connectivity index (χ1n) is 6.37. The van der Waals surface area contributed by atoms with Crippen molar-refractivity contribution < 1.29 is 4.79 Å². The predicted molar refractivity (Wildman–Crippen MR) is 74.2 cm³/mol. The van der Waals surface area contributed by atoms with Crippen LogP contribution in [0.25, 0.3) is 10.2 Å². The number of nitrogens with zero attached hydrogens (tertiary/aromatic N) is 2. The Labute approximate surface area is 114 Å². The second kappa shape index (κ2) is 4.77. The molecule has 19 heavy (non-hydrogen) atoms. The lowest BCUT2D eigenvalue weighted by atomic mass is 10.2. The fourth-order valence-electron chi connectivity index (χ4n) is 2.17. The van der Waals surface area contributed by atoms with Crippen LogP contribution < -0.4 is 10.9 Å². The van der Waals surface area contributed by atoms with E-state index in [4.69, 9.17) is 0 Å². The highest BCUT2D eigenvalue weighted by molar-refractivity contribution is 7.16. The Bertz CT molecular complexity index is 672. The van der Waals surface area contributed by atoms with E-state index >= 15 is 0 Å². The molecule has 0 radical (unpaired) electrons. The highest BCUT2D eigenvalue weighted by atomic mass is 32.1. The molecular formula is C13H15N3O2S. The summed E-state index contributed by atoms with van der Waals surface area (Å²) in [5, 5.41) is 5.35. The molecule has 2 heterocycles. The van der Waals surface area contributed by atoms with Crippen molar-refractivity contribution in [2.45, 2.75) is 32.4 Å². The van der Waals surface area contributed by atoms with Gasteiger partial charge in [0.1, 0.15) is 11.4 Å². The van der Waals surface area contributed by atoms with E-state index < -0.39 is 0 Å². The zero-order chi connectivity index (χ0) is 13.4. The average molecular weight is 277 g/mol. The molecule has 1 atom stereocenters. The molecule has 1 aliphatic rings. The third kappa shape index (κ3) is 2.53. The van der Waals surface area contributed by atoms with Crippen LogP contribution >= 0.6 is 11.3 Å². The van der Waals surface area contributed by atoms with Crippen molar-refractivity contribution in [3.8, 4) is 0 Å². The maximum absolute atomic E-state index is 12.1. The Hall–Kier alpha value is -1.69. The lowest BCUT2D eigenvalue weighted by molar-refractivity contribution is -0.122. The van der Waals surface area contributed by atoms with Gasteiger partial charge in [-0.3, -0.25) is 14.2 Å². The topological polar surface area (TPSA) is 64.0 Å². The lowest BCUT2D eigenvalue weighted by Gasteiger charge is -2.13. The van der Waals surface area contributed by atoms with E-state index in [9.17, 15) is 9.59 Å². The third-order valence-corrected chi connectivity index (χ3v) is 4.30. The van der Waals surface area contributed by atoms with E-state index in [1.54, 1.807) is 6.07 Å². The molecule has 1 saturated carbocycles. The first-order chi connectivity index (χ1) is 9.15. The molecule has 0 saturated heterocycles. The van der Waals surface area contributed by atoms with E-state index in [1.807, 2.05) is 12.3 Å². The number of hydrogen-bond acceptors (Lipinski definition) is 4. The van der Waals surface area contributed by atoms with Gasteiger partial charge in [0.15, 0.2) is 0 Å². The van der Waals surface area contributed by atoms with Gasteiger partial charge in [-0.25, -0.2) is 4.98 Å². The molecule has 1 amide bonds. The maximum Gasteiger partial charge on any atom is 0.262 e. The summed E-state index contributed by atoms with van der Waals surface area (Å²) in [6, 6.07) is 1.94. The molecule has 5 nitrogen and oxygen atoms in total. The summed E-state index contributed by atoms with van der Waals surface area (Å²) >= 11 is 1.43. The van der Waals surface area contributed by atoms with Crippen LogP contribution in [-0.4, -0.2) is 21.5 Å². The summed E-state index contributed by atoms with van der Waals surface area (Å²) < 4.78 is 1.37. The average Bonchev–Trinajstić information content (AvgIpc) is 3.11. The summed E-state index contributed by atoms with van der Waals surface area (Å²) in [7, 11) is 0. The largest absolute Gasteiger partial charge is 0.352 e. The Morgan fingerprint density at radius 2 is 2.42 bits per heavy atom. The summed E-state index contributed by atoms with van der Waals surface area (Å²) in [5.74, 6) is 0.482. The molecule has 100 valence electrons. The van der Waals surface area contributed by atoms with Crippen molar-refractivity contribution in [1.29, 1.82) is 0 Å². The number of thiophene rings is 1. The van der Waals surface area contributed by atoms with Gasteiger partial charge >= 0.3 is 0 Å². The number of fused-ring (bicyclic) bond motifs is 1. The summed E-state index contributed by atoms with van der Waals surface area (Å²) in [5.41, 5.74) is -0.152. The standard InChI is InChI=1S/C13H15N3O2S/c1-8(9-2-3-9)15-11(17)6-16-7-14-12-10(13(16)18)4-5-19-12/h4-5,7-9H,2-3,6H2,1H3,(H,15,17)/t8-/m0/s1. The Balaban J connectivity index is 1.75. The van der Waals surface area contributed by atoms with Gasteiger partial charge in [-0.2, -0.15) is 0 Å². The van der Waals surface area contributed by atoms with Gasteiger partial charge in [-0.15, -0.1) is 11.3 Å². The molecule has 0 spiro atoms. The van der Waals surface area contributed by atoms with Crippen LogP contribution in [0.2, 0.25) is 0 Å². The van der Waals surface area contributed by atoms with Gasteiger partial charge in [-0.05, 0) is 37.1 Å². The zero-order valence-corrected chi connectivity index (χ0v) is 11.4. The number of hydrogen-bond donors (Lipinski definition) is 1. The molecule has 1 aliphatic carbocycles. The normalized spacial score (nSPS) is 16.5. The van der Waals surface area contributed by atoms with Gasteiger partial charge in [0.05, 0.1) is 11.7 Å². The molecule has 2 aromatic rings. The second-order valence-electron chi connectivity index (χ2n) is 5.01. The number of nitrogens with one attached hydrogen (secondary N) is 1. The molecular weight excluding hydrogens is 262 g/mol. The predicted octanol–water partition coefficient (Wildman–Crippen LogP) is 1.37. The Kier molecular flexibility index (Phi) is 3.10. The summed E-state index contributed by atoms with van der Waals surface area (Å²) in [4.78, 5) is 28.9. The highest BCUT2D eigenvalue weighted by Crippen LogP contribution is 2.32. The van der Waals surface area contributed by atoms with Gasteiger partial charge in [0, 0.05) is 6.04 Å². The highest BCUT2D eigenvalue weighted by Gasteiger charge is 2.28. The first-order valence-corrected chi connectivity index (χ1v) is 7.25. The molecule has 0 unspecified atom stereocenters. The fraction of sp³-hybridized carbons (Fsp3) is 0.462. The maximum atomic E-state index is 12.1. The molecule has 2 aromatic heterocycles. The Morgan fingerprint density at radius 3 is 3.16 bits per heavy atom. The van der Waals surface area contributed by atoms with Crippen molar-refractivity contribution in [1.82, 2.24) is 14.9 Å². The minimum Gasteiger partial charge on any atom is -0.352 e. The Morgan fingerprint density at radius 1 is 1.63 bits per heavy atom. The van der Waals surface area contributed by atoms with Crippen molar-refractivity contribution in [2.75, 3.05) is 0 Å². The van der Waals surface area contributed by atoms with Crippen molar-refractivity contribution in [2.24, 2.45) is 5.92 Å². The molecule has 0 aromatic carbocycles. The summed E-state index contributed by atoms with van der Waals surface area (Å²) in [6.07, 6.45) is 3.82. The van der Waals surface area contributed by atoms with Crippen LogP contribution in [0.4, 0.5) is 0 Å². The van der Waals surface area contributed by atoms with Crippen LogP contribution in [0.5, 0.6) is 0 Å². The van der Waals surface area contributed by atoms with Gasteiger partial charge < -0.3 is 5.32 Å². The molecule has 1 fully saturated rings. The minimum atomic E-state index is -0.152. The zero-order valence-electron chi connectivity index (χ0n) is 10.6. The monoisotopic (exact) mass is 277 g/mol. The van der Waals surface area contributed by atoms with E-state index in [1.165, 1.54) is 35.1 Å². The number of carbonyl (C=O) groups is 1. The van der Waals surface area contributed by atoms with Crippen molar-refractivity contribution in [3.05, 3.63) is 28.1 Å². The number of amides is 1. The number of rotatable bonds is 4. The van der Waals surface area contributed by atoms with Crippen LogP contribution in [0.1, 0.15) is 19.8 Å². The van der Waals surface area contributed by atoms with Crippen molar-refractivity contribution >= 4 is 27.5 Å². The van der Waals surface area contributed by atoms with Crippen LogP contribution in [-0.2, 0) is 11.3 Å². The number of carbonyl (C=O) groups excluding carboxylic acids is 1. The van der Waals surface area contributed by atoms with Gasteiger partial charge in [0.25, 0.3) is 5.56 Å². The molecule has 1 N–H and O–H groups in total. The number of aromatic nitrogens is 2. The van der Waals surface area contributed by atoms with Gasteiger partial charge in [0.2, 0.25) is 5.91 Å². The second-order valence-corrected chi connectivity index (χ2v) is 5.91. The van der Waals surface area contributed by atoms with Crippen LogP contribution in [0.3, 0.4) is 0 Å². The smallest absolute Gasteiger partial charge is 0.262 e. The van der Waals surface area contributed by atoms with E-state index in [0.717, 1.165) is 0 Å². The van der Waals surface area contributed by atoms with Crippen molar-refractivity contribution in [3.63, 3.8) is 0 Å². The van der Waals surface area contributed by atoms with E-state index in [-0.39, 0.29) is 24.1 Å². The molecule has 6 heteroatoms. The van der Waals surface area contributed by atoms with Crippen LogP contribution in [0.15, 0.2) is 22.6 Å². The van der Waals surface area contributed by atoms with E-state index in [0.29, 0.717) is 16.1 Å². The minimum absolute atomic E-state index is 0.0364. The molecule has 0 bridgehead atoms. The third-order valence-electron chi connectivity index (χ3n) is 3.48. The lowest BCUT2D eigenvalue weighted by Crippen LogP contribution is -2.38. The quantitative estimate of drug-likeness (QED) is 0.918. The molecule has 3 rings (SSSR count). The molecule has 0 aliphatic heterocycles. The van der Waals surface area contributed by atoms with E-state index in [2.05, 4.69) is 10.3 Å². The summed E-state index contributed by atoms with van der Waals surface area (Å²) in [6.45, 7) is 2.05. The van der Waals surface area contributed by atoms with Gasteiger partial charge in [-0.1, -0.05) is 0 Å². The fourth-order valence-corrected chi connectivity index (χ4v) is 2.90. The first kappa shape index (κ1) is 12.3. The SMILES string of the molecule is C[C@H](NC(=O)Cn1cnc2sccc2c1=O)C1CC1. The van der Waals surface area contributed by atoms with Crippen LogP contribution in [0, 0.1) is 5.92 Å².